The zero-order valence-electron chi connectivity index (χ0n) is 9.01. The number of nitro groups is 2. The summed E-state index contributed by atoms with van der Waals surface area (Å²) in [5.74, 6) is 0. The first-order valence-electron chi connectivity index (χ1n) is 4.22. The number of para-hydroxylation sites is 1. The Kier molecular flexibility index (Phi) is 5.29. The summed E-state index contributed by atoms with van der Waals surface area (Å²) < 4.78 is 30.2. The van der Waals surface area contributed by atoms with Crippen molar-refractivity contribution in [2.75, 3.05) is 7.05 Å². The van der Waals surface area contributed by atoms with E-state index in [0.717, 1.165) is 12.1 Å². The fourth-order valence-electron chi connectivity index (χ4n) is 1.05. The molecule has 0 bridgehead atoms. The number of nitro benzene ring substituents is 2. The Labute approximate surface area is 101 Å². The molecule has 0 atom stereocenters. The smallest absolute Gasteiger partial charge is 0.333 e. The monoisotopic (exact) mass is 279 g/mol. The molecular formula is C7H9N3O7S. The van der Waals surface area contributed by atoms with Crippen molar-refractivity contribution in [2.45, 2.75) is 4.90 Å². The first-order chi connectivity index (χ1) is 8.25. The molecular weight excluding hydrogens is 270 g/mol. The fourth-order valence-corrected chi connectivity index (χ4v) is 1.72. The molecule has 0 unspecified atom stereocenters. The minimum atomic E-state index is -4.88. The quantitative estimate of drug-likeness (QED) is 0.453. The van der Waals surface area contributed by atoms with Crippen LogP contribution in [0.25, 0.3) is 0 Å². The molecule has 1 aromatic rings. The van der Waals surface area contributed by atoms with Gasteiger partial charge in [0.15, 0.2) is 4.90 Å². The van der Waals surface area contributed by atoms with Gasteiger partial charge in [0.05, 0.1) is 9.85 Å². The van der Waals surface area contributed by atoms with Gasteiger partial charge in [0.1, 0.15) is 0 Å². The van der Waals surface area contributed by atoms with Crippen LogP contribution in [-0.4, -0.2) is 29.9 Å². The minimum absolute atomic E-state index is 0.709. The van der Waals surface area contributed by atoms with Crippen LogP contribution in [0.4, 0.5) is 11.4 Å². The lowest BCUT2D eigenvalue weighted by Gasteiger charge is -1.99. The molecule has 0 spiro atoms. The SMILES string of the molecule is CN.O=[N+]([O-])c1cccc(S(=O)(=O)O)c1[N+](=O)[O-]. The Morgan fingerprint density at radius 2 is 1.67 bits per heavy atom. The molecule has 11 heteroatoms. The predicted octanol–water partition coefficient (Wildman–Crippen LogP) is 0.325. The molecule has 3 N–H and O–H groups in total. The molecule has 1 rings (SSSR count). The molecule has 0 aliphatic heterocycles. The fraction of sp³-hybridized carbons (Fsp3) is 0.143. The van der Waals surface area contributed by atoms with Crippen LogP contribution in [0.1, 0.15) is 0 Å². The van der Waals surface area contributed by atoms with Crippen LogP contribution in [0.5, 0.6) is 0 Å². The van der Waals surface area contributed by atoms with E-state index in [1.165, 1.54) is 7.05 Å². The third kappa shape index (κ3) is 3.44. The Balaban J connectivity index is 0.00000137. The Bertz CT molecular complexity index is 568. The van der Waals surface area contributed by atoms with E-state index < -0.39 is 36.2 Å². The number of rotatable bonds is 3. The third-order valence-electron chi connectivity index (χ3n) is 1.63. The summed E-state index contributed by atoms with van der Waals surface area (Å²) in [5, 5.41) is 20.9. The Hall–Kier alpha value is -2.11. The second-order valence-electron chi connectivity index (χ2n) is 2.61. The highest BCUT2D eigenvalue weighted by Crippen LogP contribution is 2.32. The number of hydrogen-bond acceptors (Lipinski definition) is 7. The number of hydrogen-bond donors (Lipinski definition) is 2. The van der Waals surface area contributed by atoms with Crippen LogP contribution in [0.3, 0.4) is 0 Å². The Morgan fingerprint density at radius 1 is 1.17 bits per heavy atom. The van der Waals surface area contributed by atoms with Crippen molar-refractivity contribution in [1.82, 2.24) is 0 Å². The van der Waals surface area contributed by atoms with Gasteiger partial charge in [-0.15, -0.1) is 0 Å². The largest absolute Gasteiger partial charge is 0.366 e. The maximum Gasteiger partial charge on any atom is 0.366 e. The van der Waals surface area contributed by atoms with E-state index in [-0.39, 0.29) is 0 Å². The van der Waals surface area contributed by atoms with Gasteiger partial charge in [0.25, 0.3) is 0 Å². The molecule has 10 nitrogen and oxygen atoms in total. The molecule has 0 aliphatic rings. The maximum absolute atomic E-state index is 10.8. The van der Waals surface area contributed by atoms with Crippen molar-refractivity contribution < 1.29 is 22.8 Å². The van der Waals surface area contributed by atoms with Gasteiger partial charge in [0, 0.05) is 6.07 Å². The molecule has 18 heavy (non-hydrogen) atoms. The second kappa shape index (κ2) is 6.00. The van der Waals surface area contributed by atoms with Gasteiger partial charge in [-0.3, -0.25) is 24.8 Å². The number of nitrogens with two attached hydrogens (primary N) is 1. The van der Waals surface area contributed by atoms with Crippen LogP contribution in [0.15, 0.2) is 23.1 Å². The Morgan fingerprint density at radius 3 is 2.00 bits per heavy atom. The highest BCUT2D eigenvalue weighted by atomic mass is 32.2. The van der Waals surface area contributed by atoms with Crippen molar-refractivity contribution in [3.8, 4) is 0 Å². The summed E-state index contributed by atoms with van der Waals surface area (Å²) in [6.45, 7) is 0. The predicted molar refractivity (Wildman–Crippen MR) is 59.7 cm³/mol. The lowest BCUT2D eigenvalue weighted by atomic mass is 10.3. The summed E-state index contributed by atoms with van der Waals surface area (Å²) in [5.41, 5.74) is 2.25. The lowest BCUT2D eigenvalue weighted by Crippen LogP contribution is -2.05. The highest BCUT2D eigenvalue weighted by molar-refractivity contribution is 7.86. The number of benzene rings is 1. The summed E-state index contributed by atoms with van der Waals surface area (Å²) in [6, 6.07) is 2.40. The molecule has 0 amide bonds. The lowest BCUT2D eigenvalue weighted by molar-refractivity contribution is -0.424. The highest BCUT2D eigenvalue weighted by Gasteiger charge is 2.33. The van der Waals surface area contributed by atoms with Crippen LogP contribution in [0, 0.1) is 20.2 Å². The van der Waals surface area contributed by atoms with E-state index in [9.17, 15) is 28.6 Å². The number of nitrogens with zero attached hydrogens (tertiary/aromatic N) is 2. The summed E-state index contributed by atoms with van der Waals surface area (Å²) in [6.07, 6.45) is 0. The van der Waals surface area contributed by atoms with Gasteiger partial charge in [-0.25, -0.2) is 0 Å². The van der Waals surface area contributed by atoms with Gasteiger partial charge < -0.3 is 5.73 Å². The van der Waals surface area contributed by atoms with Gasteiger partial charge in [-0.1, -0.05) is 6.07 Å². The van der Waals surface area contributed by atoms with Gasteiger partial charge in [-0.2, -0.15) is 8.42 Å². The van der Waals surface area contributed by atoms with Gasteiger partial charge >= 0.3 is 21.5 Å². The average molecular weight is 279 g/mol. The summed E-state index contributed by atoms with van der Waals surface area (Å²) in [7, 11) is -3.38. The van der Waals surface area contributed by atoms with Crippen LogP contribution in [0.2, 0.25) is 0 Å². The molecule has 0 aliphatic carbocycles. The van der Waals surface area contributed by atoms with E-state index in [0.29, 0.717) is 6.07 Å². The molecule has 0 heterocycles. The normalized spacial score (nSPS) is 10.2. The van der Waals surface area contributed by atoms with Crippen molar-refractivity contribution in [2.24, 2.45) is 5.73 Å². The van der Waals surface area contributed by atoms with Crippen molar-refractivity contribution >= 4 is 21.5 Å². The van der Waals surface area contributed by atoms with E-state index in [1.54, 1.807) is 0 Å². The molecule has 0 radical (unpaired) electrons. The average Bonchev–Trinajstić information content (AvgIpc) is 2.29. The van der Waals surface area contributed by atoms with Crippen molar-refractivity contribution in [1.29, 1.82) is 0 Å². The molecule has 0 fully saturated rings. The summed E-state index contributed by atoms with van der Waals surface area (Å²) in [4.78, 5) is 17.5. The van der Waals surface area contributed by atoms with E-state index in [1.807, 2.05) is 0 Å². The third-order valence-corrected chi connectivity index (χ3v) is 2.52. The molecule has 0 saturated heterocycles. The van der Waals surface area contributed by atoms with Gasteiger partial charge in [0.2, 0.25) is 0 Å². The minimum Gasteiger partial charge on any atom is -0.333 e. The molecule has 0 saturated carbocycles. The van der Waals surface area contributed by atoms with Crippen LogP contribution >= 0.6 is 0 Å². The van der Waals surface area contributed by atoms with E-state index >= 15 is 0 Å². The first-order valence-corrected chi connectivity index (χ1v) is 5.66. The summed E-state index contributed by atoms with van der Waals surface area (Å²) >= 11 is 0. The standard InChI is InChI=1S/C6H4N2O7S.CH5N/c9-7(10)4-2-1-3-5(16(13,14)15)6(4)8(11)12;1-2/h1-3H,(H,13,14,15);2H2,1H3. The molecule has 100 valence electrons. The maximum atomic E-state index is 10.8. The zero-order chi connectivity index (χ0) is 14.5. The van der Waals surface area contributed by atoms with E-state index in [2.05, 4.69) is 5.73 Å². The molecule has 0 aromatic heterocycles. The van der Waals surface area contributed by atoms with Crippen molar-refractivity contribution in [3.05, 3.63) is 38.4 Å². The van der Waals surface area contributed by atoms with Gasteiger partial charge in [-0.05, 0) is 13.1 Å². The van der Waals surface area contributed by atoms with Crippen molar-refractivity contribution in [3.63, 3.8) is 0 Å². The molecule has 1 aromatic carbocycles. The first kappa shape index (κ1) is 15.9. The van der Waals surface area contributed by atoms with E-state index in [4.69, 9.17) is 4.55 Å². The van der Waals surface area contributed by atoms with Crippen LogP contribution < -0.4 is 5.73 Å². The second-order valence-corrected chi connectivity index (χ2v) is 4.00. The van der Waals surface area contributed by atoms with Crippen LogP contribution in [-0.2, 0) is 10.1 Å². The topological polar surface area (TPSA) is 167 Å². The zero-order valence-corrected chi connectivity index (χ0v) is 9.83.